The number of amides is 2. The van der Waals surface area contributed by atoms with E-state index in [1.807, 2.05) is 6.92 Å². The Bertz CT molecular complexity index is 868. The summed E-state index contributed by atoms with van der Waals surface area (Å²) in [6.45, 7) is 16.8. The Kier molecular flexibility index (Phi) is 7.41. The summed E-state index contributed by atoms with van der Waals surface area (Å²) < 4.78 is 11.7. The van der Waals surface area contributed by atoms with Crippen LogP contribution in [0, 0.1) is 5.92 Å². The van der Waals surface area contributed by atoms with Crippen molar-refractivity contribution < 1.29 is 28.7 Å². The van der Waals surface area contributed by atoms with E-state index >= 15 is 0 Å². The Morgan fingerprint density at radius 3 is 2.61 bits per heavy atom. The fourth-order valence-corrected chi connectivity index (χ4v) is 7.15. The zero-order valence-electron chi connectivity index (χ0n) is 20.4. The van der Waals surface area contributed by atoms with Crippen molar-refractivity contribution in [3.05, 3.63) is 23.9 Å². The molecule has 1 N–H and O–H groups in total. The van der Waals surface area contributed by atoms with Crippen molar-refractivity contribution in [3.8, 4) is 0 Å². The molecule has 0 aromatic heterocycles. The van der Waals surface area contributed by atoms with E-state index in [2.05, 4.69) is 40.4 Å². The minimum atomic E-state index is -2.10. The smallest absolute Gasteiger partial charge is 0.410 e. The largest absolute Gasteiger partial charge is 0.477 e. The minimum absolute atomic E-state index is 0.00464. The van der Waals surface area contributed by atoms with Crippen molar-refractivity contribution in [2.24, 2.45) is 5.92 Å². The molecule has 2 saturated heterocycles. The van der Waals surface area contributed by atoms with E-state index < -0.39 is 26.4 Å². The van der Waals surface area contributed by atoms with Crippen LogP contribution in [-0.2, 0) is 18.8 Å². The number of carboxylic acids is 1. The summed E-state index contributed by atoms with van der Waals surface area (Å²) in [4.78, 5) is 41.1. The number of hydrogen-bond donors (Lipinski definition) is 1. The van der Waals surface area contributed by atoms with E-state index in [1.54, 1.807) is 16.7 Å². The van der Waals surface area contributed by atoms with Crippen LogP contribution in [0.25, 0.3) is 0 Å². The van der Waals surface area contributed by atoms with E-state index in [1.165, 1.54) is 11.0 Å². The number of carbonyl (C=O) groups excluding carboxylic acids is 2. The molecule has 4 atom stereocenters. The maximum absolute atomic E-state index is 13.2. The van der Waals surface area contributed by atoms with Gasteiger partial charge >= 0.3 is 12.1 Å². The van der Waals surface area contributed by atoms with Gasteiger partial charge in [0.25, 0.3) is 0 Å². The number of aliphatic carboxylic acids is 1. The first kappa shape index (κ1) is 25.8. The van der Waals surface area contributed by atoms with Crippen molar-refractivity contribution in [3.63, 3.8) is 0 Å². The number of nitrogens with zero attached hydrogens (tertiary/aromatic N) is 2. The van der Waals surface area contributed by atoms with Gasteiger partial charge in [0.1, 0.15) is 12.3 Å². The van der Waals surface area contributed by atoms with Gasteiger partial charge in [-0.05, 0) is 37.0 Å². The highest BCUT2D eigenvalue weighted by Crippen LogP contribution is 2.48. The average Bonchev–Trinajstić information content (AvgIpc) is 3.06. The van der Waals surface area contributed by atoms with Gasteiger partial charge in [0, 0.05) is 18.1 Å². The molecule has 0 radical (unpaired) electrons. The van der Waals surface area contributed by atoms with E-state index in [9.17, 15) is 19.5 Å². The molecule has 8 nitrogen and oxygen atoms in total. The van der Waals surface area contributed by atoms with E-state index in [-0.39, 0.29) is 41.3 Å². The van der Waals surface area contributed by atoms with Crippen molar-refractivity contribution in [1.82, 2.24) is 9.80 Å². The molecule has 0 spiro atoms. The summed E-state index contributed by atoms with van der Waals surface area (Å²) in [7, 11) is -2.10. The fourth-order valence-electron chi connectivity index (χ4n) is 4.62. The average molecular weight is 497 g/mol. The molecule has 0 saturated carbocycles. The summed E-state index contributed by atoms with van der Waals surface area (Å²) in [5.41, 5.74) is 0.653. The number of carboxylic acid groups (broad SMARTS) is 1. The Hall–Kier alpha value is -1.78. The lowest BCUT2D eigenvalue weighted by molar-refractivity contribution is -0.160. The second-order valence-corrected chi connectivity index (χ2v) is 16.3. The first-order valence-electron chi connectivity index (χ1n) is 11.4. The van der Waals surface area contributed by atoms with Gasteiger partial charge in [-0.25, -0.2) is 9.59 Å². The van der Waals surface area contributed by atoms with Gasteiger partial charge in [-0.15, -0.1) is 0 Å². The Labute approximate surface area is 201 Å². The van der Waals surface area contributed by atoms with Crippen molar-refractivity contribution in [2.45, 2.75) is 70.4 Å². The third-order valence-electron chi connectivity index (χ3n) is 7.33. The van der Waals surface area contributed by atoms with Gasteiger partial charge in [-0.3, -0.25) is 9.69 Å². The molecular weight excluding hydrogens is 460 g/mol. The molecule has 184 valence electrons. The lowest BCUT2D eigenvalue weighted by Gasteiger charge is -2.48. The topological polar surface area (TPSA) is 96.4 Å². The predicted octanol–water partition coefficient (Wildman–Crippen LogP) is 3.71. The molecule has 0 aliphatic carbocycles. The maximum Gasteiger partial charge on any atom is 0.410 e. The highest BCUT2D eigenvalue weighted by atomic mass is 32.2. The van der Waals surface area contributed by atoms with Crippen LogP contribution in [0.3, 0.4) is 0 Å². The number of carbonyl (C=O) groups is 3. The number of rotatable bonds is 7. The quantitative estimate of drug-likeness (QED) is 0.326. The number of hydrogen-bond acceptors (Lipinski definition) is 6. The summed E-state index contributed by atoms with van der Waals surface area (Å²) in [6, 6.07) is -0.667. The lowest BCUT2D eigenvalue weighted by atomic mass is 9.82. The Balaban J connectivity index is 1.84. The van der Waals surface area contributed by atoms with E-state index in [0.717, 1.165) is 5.75 Å². The molecule has 3 aliphatic heterocycles. The normalized spacial score (nSPS) is 26.6. The summed E-state index contributed by atoms with van der Waals surface area (Å²) >= 11 is 1.67. The van der Waals surface area contributed by atoms with Crippen LogP contribution in [0.5, 0.6) is 0 Å². The number of thioether (sulfide) groups is 1. The van der Waals surface area contributed by atoms with Crippen LogP contribution in [0.15, 0.2) is 23.9 Å². The third kappa shape index (κ3) is 4.74. The molecule has 3 rings (SSSR count). The second-order valence-electron chi connectivity index (χ2n) is 10.4. The van der Waals surface area contributed by atoms with E-state index in [4.69, 9.17) is 9.16 Å². The van der Waals surface area contributed by atoms with Gasteiger partial charge in [-0.2, -0.15) is 11.8 Å². The second kappa shape index (κ2) is 9.46. The molecule has 3 aliphatic rings. The first-order chi connectivity index (χ1) is 15.3. The standard InChI is InChI=1S/C23H36N2O6SSi/c1-8-10-30-22(29)24-9-11-32-13-17(24)15-12-16-18(20(26)25(16)19(15)21(27)28)14(2)31-33(6,7)23(3,4)5/h8,14,16-18H,1,9-13H2,2-7H3,(H,27,28)/t14-,16-,17?,18-/m1/s1. The molecule has 2 amide bonds. The molecular formula is C23H36N2O6SSi. The summed E-state index contributed by atoms with van der Waals surface area (Å²) in [5, 5.41) is 10.0. The van der Waals surface area contributed by atoms with Gasteiger partial charge in [0.15, 0.2) is 8.32 Å². The van der Waals surface area contributed by atoms with Crippen LogP contribution in [0.2, 0.25) is 18.1 Å². The zero-order chi connectivity index (χ0) is 24.7. The molecule has 0 aromatic rings. The lowest BCUT2D eigenvalue weighted by Crippen LogP contribution is -2.63. The van der Waals surface area contributed by atoms with Gasteiger partial charge < -0.3 is 19.2 Å². The molecule has 3 heterocycles. The van der Waals surface area contributed by atoms with Crippen molar-refractivity contribution >= 4 is 38.0 Å². The number of ether oxygens (including phenoxy) is 1. The molecule has 2 fully saturated rings. The van der Waals surface area contributed by atoms with Crippen LogP contribution in [-0.4, -0.2) is 84.0 Å². The zero-order valence-corrected chi connectivity index (χ0v) is 22.2. The van der Waals surface area contributed by atoms with Crippen LogP contribution in [0.4, 0.5) is 4.79 Å². The number of fused-ring (bicyclic) bond motifs is 1. The third-order valence-corrected chi connectivity index (χ3v) is 12.9. The predicted molar refractivity (Wildman–Crippen MR) is 131 cm³/mol. The maximum atomic E-state index is 13.2. The molecule has 0 aromatic carbocycles. The molecule has 0 bridgehead atoms. The number of β-lactam (4-membered cyclic amide) rings is 1. The van der Waals surface area contributed by atoms with Crippen LogP contribution in [0.1, 0.15) is 34.1 Å². The highest BCUT2D eigenvalue weighted by molar-refractivity contribution is 7.99. The SMILES string of the molecule is C=CCOC(=O)N1CCSCC1C1=C(C(=O)O)N2C(=O)[C@H]([C@@H](C)O[Si](C)(C)C(C)(C)C)[C@H]2C1. The first-order valence-corrected chi connectivity index (χ1v) is 15.5. The van der Waals surface area contributed by atoms with Crippen LogP contribution >= 0.6 is 11.8 Å². The van der Waals surface area contributed by atoms with Gasteiger partial charge in [-0.1, -0.05) is 33.4 Å². The highest BCUT2D eigenvalue weighted by Gasteiger charge is 2.59. The summed E-state index contributed by atoms with van der Waals surface area (Å²) in [5.74, 6) is -0.398. The Morgan fingerprint density at radius 2 is 2.03 bits per heavy atom. The van der Waals surface area contributed by atoms with Crippen molar-refractivity contribution in [2.75, 3.05) is 24.7 Å². The van der Waals surface area contributed by atoms with Gasteiger partial charge in [0.2, 0.25) is 5.91 Å². The molecule has 33 heavy (non-hydrogen) atoms. The van der Waals surface area contributed by atoms with Crippen LogP contribution < -0.4 is 0 Å². The Morgan fingerprint density at radius 1 is 1.36 bits per heavy atom. The van der Waals surface area contributed by atoms with Gasteiger partial charge in [0.05, 0.1) is 24.1 Å². The minimum Gasteiger partial charge on any atom is -0.477 e. The summed E-state index contributed by atoms with van der Waals surface area (Å²) in [6.07, 6.45) is 1.15. The monoisotopic (exact) mass is 496 g/mol. The van der Waals surface area contributed by atoms with E-state index in [0.29, 0.717) is 24.3 Å². The fraction of sp³-hybridized carbons (Fsp3) is 0.696. The molecule has 1 unspecified atom stereocenters. The molecule has 10 heteroatoms. The van der Waals surface area contributed by atoms with Crippen molar-refractivity contribution in [1.29, 1.82) is 0 Å².